The monoisotopic (exact) mass is 344 g/mol. The van der Waals surface area contributed by atoms with E-state index in [1.165, 1.54) is 18.2 Å². The van der Waals surface area contributed by atoms with Gasteiger partial charge in [-0.3, -0.25) is 9.59 Å². The maximum absolute atomic E-state index is 13.6. The van der Waals surface area contributed by atoms with Crippen LogP contribution in [-0.2, 0) is 22.7 Å². The smallest absolute Gasteiger partial charge is 0.225 e. The van der Waals surface area contributed by atoms with Crippen LogP contribution in [0.15, 0.2) is 48.5 Å². The van der Waals surface area contributed by atoms with Crippen LogP contribution in [0.1, 0.15) is 17.5 Å². The van der Waals surface area contributed by atoms with E-state index in [1.807, 2.05) is 0 Å². The molecule has 0 bridgehead atoms. The van der Waals surface area contributed by atoms with Crippen molar-refractivity contribution in [3.8, 4) is 0 Å². The molecule has 0 aromatic heterocycles. The molecule has 3 rings (SSSR count). The van der Waals surface area contributed by atoms with Gasteiger partial charge in [-0.25, -0.2) is 8.78 Å². The third kappa shape index (κ3) is 4.21. The van der Waals surface area contributed by atoms with Crippen LogP contribution in [0.4, 0.5) is 8.78 Å². The number of hydrogen-bond acceptors (Lipinski definition) is 2. The molecular weight excluding hydrogens is 326 g/mol. The minimum Gasteiger partial charge on any atom is -0.352 e. The minimum absolute atomic E-state index is 0.0914. The summed E-state index contributed by atoms with van der Waals surface area (Å²) in [4.78, 5) is 25.9. The second-order valence-corrected chi connectivity index (χ2v) is 6.11. The number of benzene rings is 2. The summed E-state index contributed by atoms with van der Waals surface area (Å²) in [6.45, 7) is 0.740. The summed E-state index contributed by atoms with van der Waals surface area (Å²) in [5.41, 5.74) is 1.21. The fourth-order valence-electron chi connectivity index (χ4n) is 2.88. The molecule has 0 saturated carbocycles. The van der Waals surface area contributed by atoms with Crippen LogP contribution in [0.5, 0.6) is 0 Å². The van der Waals surface area contributed by atoms with Crippen LogP contribution in [0.2, 0.25) is 0 Å². The summed E-state index contributed by atoms with van der Waals surface area (Å²) in [6.07, 6.45) is 0.129. The maximum Gasteiger partial charge on any atom is 0.225 e. The number of nitrogens with one attached hydrogen (secondary N) is 1. The Bertz CT molecular complexity index is 777. The van der Waals surface area contributed by atoms with Gasteiger partial charge in [0, 0.05) is 31.6 Å². The van der Waals surface area contributed by atoms with Gasteiger partial charge in [0.25, 0.3) is 0 Å². The number of halogens is 2. The maximum atomic E-state index is 13.6. The fourth-order valence-corrected chi connectivity index (χ4v) is 2.88. The lowest BCUT2D eigenvalue weighted by atomic mass is 10.1. The van der Waals surface area contributed by atoms with Gasteiger partial charge in [-0.05, 0) is 23.8 Å². The summed E-state index contributed by atoms with van der Waals surface area (Å²) in [6, 6.07) is 12.2. The van der Waals surface area contributed by atoms with Crippen LogP contribution in [0.3, 0.4) is 0 Å². The van der Waals surface area contributed by atoms with Crippen LogP contribution in [0, 0.1) is 17.6 Å². The fraction of sp³-hybridized carbons (Fsp3) is 0.263. The van der Waals surface area contributed by atoms with Gasteiger partial charge in [-0.15, -0.1) is 0 Å². The average Bonchev–Trinajstić information content (AvgIpc) is 2.97. The Balaban J connectivity index is 1.55. The van der Waals surface area contributed by atoms with Crippen molar-refractivity contribution in [2.24, 2.45) is 5.92 Å². The van der Waals surface area contributed by atoms with E-state index in [4.69, 9.17) is 0 Å². The Labute approximate surface area is 144 Å². The second-order valence-electron chi connectivity index (χ2n) is 6.11. The summed E-state index contributed by atoms with van der Waals surface area (Å²) in [7, 11) is 0. The molecule has 0 radical (unpaired) electrons. The first-order valence-corrected chi connectivity index (χ1v) is 8.06. The summed E-state index contributed by atoms with van der Waals surface area (Å²) in [5.74, 6) is -1.54. The van der Waals surface area contributed by atoms with E-state index in [0.29, 0.717) is 18.7 Å². The highest BCUT2D eigenvalue weighted by molar-refractivity contribution is 5.89. The first-order chi connectivity index (χ1) is 12.0. The zero-order valence-corrected chi connectivity index (χ0v) is 13.5. The van der Waals surface area contributed by atoms with Crippen molar-refractivity contribution < 1.29 is 18.4 Å². The summed E-state index contributed by atoms with van der Waals surface area (Å²) in [5, 5.41) is 2.69. The van der Waals surface area contributed by atoms with E-state index >= 15 is 0 Å². The van der Waals surface area contributed by atoms with Gasteiger partial charge in [0.15, 0.2) is 0 Å². The van der Waals surface area contributed by atoms with Crippen molar-refractivity contribution in [2.45, 2.75) is 19.5 Å². The van der Waals surface area contributed by atoms with Crippen molar-refractivity contribution >= 4 is 11.8 Å². The lowest BCUT2D eigenvalue weighted by molar-refractivity contribution is -0.129. The first kappa shape index (κ1) is 17.1. The number of hydrogen-bond donors (Lipinski definition) is 1. The molecule has 1 atom stereocenters. The Kier molecular flexibility index (Phi) is 5.07. The molecule has 2 aromatic rings. The van der Waals surface area contributed by atoms with Gasteiger partial charge in [0.2, 0.25) is 11.8 Å². The second kappa shape index (κ2) is 7.42. The van der Waals surface area contributed by atoms with Crippen molar-refractivity contribution in [3.05, 3.63) is 71.3 Å². The molecule has 0 unspecified atom stereocenters. The van der Waals surface area contributed by atoms with Crippen molar-refractivity contribution in [3.63, 3.8) is 0 Å². The molecule has 1 N–H and O–H groups in total. The van der Waals surface area contributed by atoms with E-state index in [-0.39, 0.29) is 36.4 Å². The molecule has 1 saturated heterocycles. The van der Waals surface area contributed by atoms with Crippen LogP contribution >= 0.6 is 0 Å². The van der Waals surface area contributed by atoms with Crippen LogP contribution in [0.25, 0.3) is 0 Å². The topological polar surface area (TPSA) is 49.4 Å². The van der Waals surface area contributed by atoms with E-state index in [0.717, 1.165) is 5.56 Å². The van der Waals surface area contributed by atoms with Gasteiger partial charge >= 0.3 is 0 Å². The number of carbonyl (C=O) groups excluding carboxylic acids is 2. The Hall–Kier alpha value is -2.76. The molecule has 130 valence electrons. The molecule has 6 heteroatoms. The Morgan fingerprint density at radius 3 is 2.56 bits per heavy atom. The number of likely N-dealkylation sites (tertiary alicyclic amines) is 1. The number of nitrogens with zero attached hydrogens (tertiary/aromatic N) is 1. The molecule has 0 spiro atoms. The zero-order chi connectivity index (χ0) is 17.8. The molecule has 2 aromatic carbocycles. The molecule has 4 nitrogen and oxygen atoms in total. The third-order valence-electron chi connectivity index (χ3n) is 4.28. The normalized spacial score (nSPS) is 17.0. The van der Waals surface area contributed by atoms with Gasteiger partial charge in [-0.2, -0.15) is 0 Å². The average molecular weight is 344 g/mol. The van der Waals surface area contributed by atoms with Crippen molar-refractivity contribution in [1.29, 1.82) is 0 Å². The highest BCUT2D eigenvalue weighted by Gasteiger charge is 2.34. The predicted octanol–water partition coefficient (Wildman–Crippen LogP) is 2.63. The minimum atomic E-state index is -0.459. The standard InChI is InChI=1S/C19H18F2N2O2/c20-16-7-5-13(6-8-16)11-23-12-15(9-18(23)24)19(25)22-10-14-3-1-2-4-17(14)21/h1-8,15H,9-12H2,(H,22,25)/t15-/m1/s1. The summed E-state index contributed by atoms with van der Waals surface area (Å²) >= 11 is 0. The molecular formula is C19H18F2N2O2. The SMILES string of the molecule is O=C(NCc1ccccc1F)[C@@H]1CC(=O)N(Cc2ccc(F)cc2)C1. The quantitative estimate of drug-likeness (QED) is 0.906. The summed E-state index contributed by atoms with van der Waals surface area (Å²) < 4.78 is 26.5. The van der Waals surface area contributed by atoms with E-state index in [9.17, 15) is 18.4 Å². The lowest BCUT2D eigenvalue weighted by Crippen LogP contribution is -2.32. The van der Waals surface area contributed by atoms with Crippen molar-refractivity contribution in [2.75, 3.05) is 6.54 Å². The van der Waals surface area contributed by atoms with Gasteiger partial charge in [-0.1, -0.05) is 30.3 Å². The molecule has 1 fully saturated rings. The third-order valence-corrected chi connectivity index (χ3v) is 4.28. The zero-order valence-electron chi connectivity index (χ0n) is 13.5. The van der Waals surface area contributed by atoms with E-state index < -0.39 is 5.92 Å². The van der Waals surface area contributed by atoms with Gasteiger partial charge in [0.1, 0.15) is 11.6 Å². The molecule has 0 aliphatic carbocycles. The van der Waals surface area contributed by atoms with Gasteiger partial charge in [0.05, 0.1) is 5.92 Å². The predicted molar refractivity (Wildman–Crippen MR) is 88.2 cm³/mol. The van der Waals surface area contributed by atoms with Gasteiger partial charge < -0.3 is 10.2 Å². The van der Waals surface area contributed by atoms with Crippen LogP contribution in [-0.4, -0.2) is 23.3 Å². The first-order valence-electron chi connectivity index (χ1n) is 8.06. The van der Waals surface area contributed by atoms with Crippen LogP contribution < -0.4 is 5.32 Å². The number of amides is 2. The highest BCUT2D eigenvalue weighted by Crippen LogP contribution is 2.21. The Morgan fingerprint density at radius 1 is 1.12 bits per heavy atom. The molecule has 2 amide bonds. The molecule has 1 aliphatic heterocycles. The molecule has 1 heterocycles. The lowest BCUT2D eigenvalue weighted by Gasteiger charge is -2.16. The molecule has 1 aliphatic rings. The van der Waals surface area contributed by atoms with Crippen molar-refractivity contribution in [1.82, 2.24) is 10.2 Å². The Morgan fingerprint density at radius 2 is 1.84 bits per heavy atom. The largest absolute Gasteiger partial charge is 0.352 e. The van der Waals surface area contributed by atoms with E-state index in [1.54, 1.807) is 35.2 Å². The van der Waals surface area contributed by atoms with E-state index in [2.05, 4.69) is 5.32 Å². The highest BCUT2D eigenvalue weighted by atomic mass is 19.1. The number of carbonyl (C=O) groups is 2. The number of rotatable bonds is 5. The molecule has 25 heavy (non-hydrogen) atoms.